The van der Waals surface area contributed by atoms with Gasteiger partial charge in [0, 0.05) is 48.4 Å². The second kappa shape index (κ2) is 10.3. The van der Waals surface area contributed by atoms with Crippen molar-refractivity contribution in [2.45, 2.75) is 44.9 Å². The first kappa shape index (κ1) is 22.5. The Morgan fingerprint density at radius 2 is 1.82 bits per heavy atom. The fraction of sp³-hybridized carbons (Fsp3) is 0.444. The molecule has 3 aromatic rings. The Bertz CT molecular complexity index is 1080. The second-order valence-electron chi connectivity index (χ2n) is 9.34. The van der Waals surface area contributed by atoms with Crippen molar-refractivity contribution >= 4 is 28.4 Å². The van der Waals surface area contributed by atoms with Gasteiger partial charge in [-0.05, 0) is 74.0 Å². The third-order valence-corrected chi connectivity index (χ3v) is 7.27. The molecule has 2 aromatic carbocycles. The van der Waals surface area contributed by atoms with Crippen molar-refractivity contribution in [2.24, 2.45) is 5.92 Å². The maximum absolute atomic E-state index is 12.6. The zero-order valence-corrected chi connectivity index (χ0v) is 19.8. The van der Waals surface area contributed by atoms with E-state index >= 15 is 0 Å². The summed E-state index contributed by atoms with van der Waals surface area (Å²) >= 11 is 6.09. The Morgan fingerprint density at radius 3 is 2.58 bits per heavy atom. The summed E-state index contributed by atoms with van der Waals surface area (Å²) in [5.74, 6) is 0.310. The number of benzene rings is 2. The lowest BCUT2D eigenvalue weighted by Crippen LogP contribution is -2.42. The van der Waals surface area contributed by atoms with Crippen molar-refractivity contribution in [2.75, 3.05) is 26.2 Å². The molecule has 0 spiro atoms. The summed E-state index contributed by atoms with van der Waals surface area (Å²) in [6.45, 7) is 5.09. The molecular weight excluding hydrogens is 434 g/mol. The Hall–Kier alpha value is -2.34. The van der Waals surface area contributed by atoms with Gasteiger partial charge in [-0.25, -0.2) is 0 Å². The van der Waals surface area contributed by atoms with Crippen LogP contribution in [0.2, 0.25) is 5.02 Å². The van der Waals surface area contributed by atoms with Crippen LogP contribution in [0.5, 0.6) is 0 Å². The van der Waals surface area contributed by atoms with Crippen LogP contribution in [0.4, 0.5) is 0 Å². The number of nitrogens with one attached hydrogen (secondary N) is 1. The molecule has 1 atom stereocenters. The molecule has 1 N–H and O–H groups in total. The molecule has 2 saturated heterocycles. The molecule has 3 heterocycles. The molecule has 1 unspecified atom stereocenters. The van der Waals surface area contributed by atoms with Crippen molar-refractivity contribution in [3.8, 4) is 0 Å². The summed E-state index contributed by atoms with van der Waals surface area (Å²) in [4.78, 5) is 15.1. The molecule has 0 bridgehead atoms. The number of amides is 1. The van der Waals surface area contributed by atoms with Crippen LogP contribution in [0.3, 0.4) is 0 Å². The van der Waals surface area contributed by atoms with Crippen LogP contribution in [0.1, 0.15) is 36.9 Å². The highest BCUT2D eigenvalue weighted by Gasteiger charge is 2.26. The quantitative estimate of drug-likeness (QED) is 0.542. The number of likely N-dealkylation sites (tertiary alicyclic amines) is 1. The first-order valence-corrected chi connectivity index (χ1v) is 12.5. The summed E-state index contributed by atoms with van der Waals surface area (Å²) in [6.07, 6.45) is 4.19. The first-order chi connectivity index (χ1) is 16.2. The SMILES string of the molecule is O=C(NCC1CCCO1)C1CCN(Cc2cc3ccccc3n2Cc2ccc(Cl)cc2)CC1. The third-order valence-electron chi connectivity index (χ3n) is 7.02. The maximum Gasteiger partial charge on any atom is 0.223 e. The number of rotatable bonds is 7. The molecule has 2 aliphatic rings. The van der Waals surface area contributed by atoms with Gasteiger partial charge >= 0.3 is 0 Å². The first-order valence-electron chi connectivity index (χ1n) is 12.1. The normalized spacial score (nSPS) is 19.8. The van der Waals surface area contributed by atoms with Crippen molar-refractivity contribution in [3.63, 3.8) is 0 Å². The maximum atomic E-state index is 12.6. The molecule has 174 valence electrons. The van der Waals surface area contributed by atoms with Crippen molar-refractivity contribution in [3.05, 3.63) is 70.9 Å². The second-order valence-corrected chi connectivity index (χ2v) is 9.77. The molecule has 33 heavy (non-hydrogen) atoms. The molecular formula is C27H32ClN3O2. The monoisotopic (exact) mass is 465 g/mol. The minimum atomic E-state index is 0.113. The summed E-state index contributed by atoms with van der Waals surface area (Å²) in [7, 11) is 0. The van der Waals surface area contributed by atoms with Crippen molar-refractivity contribution in [1.29, 1.82) is 0 Å². The van der Waals surface area contributed by atoms with Gasteiger partial charge in [-0.1, -0.05) is 41.9 Å². The van der Waals surface area contributed by atoms with E-state index in [1.54, 1.807) is 0 Å². The summed E-state index contributed by atoms with van der Waals surface area (Å²) < 4.78 is 8.04. The predicted molar refractivity (Wildman–Crippen MR) is 132 cm³/mol. The van der Waals surface area contributed by atoms with Gasteiger partial charge in [0.25, 0.3) is 0 Å². The smallest absolute Gasteiger partial charge is 0.223 e. The van der Waals surface area contributed by atoms with Crippen LogP contribution >= 0.6 is 11.6 Å². The fourth-order valence-corrected chi connectivity index (χ4v) is 5.23. The summed E-state index contributed by atoms with van der Waals surface area (Å²) in [6, 6.07) is 19.0. The number of hydrogen-bond donors (Lipinski definition) is 1. The summed E-state index contributed by atoms with van der Waals surface area (Å²) in [5.41, 5.74) is 3.81. The number of fused-ring (bicyclic) bond motifs is 1. The molecule has 2 fully saturated rings. The zero-order chi connectivity index (χ0) is 22.6. The number of halogens is 1. The highest BCUT2D eigenvalue weighted by molar-refractivity contribution is 6.30. The highest BCUT2D eigenvalue weighted by Crippen LogP contribution is 2.25. The van der Waals surface area contributed by atoms with E-state index in [0.29, 0.717) is 6.54 Å². The number of aromatic nitrogens is 1. The van der Waals surface area contributed by atoms with Crippen LogP contribution in [0.25, 0.3) is 10.9 Å². The Morgan fingerprint density at radius 1 is 1.03 bits per heavy atom. The van der Waals surface area contributed by atoms with Gasteiger partial charge in [-0.15, -0.1) is 0 Å². The number of carbonyl (C=O) groups is 1. The van der Waals surface area contributed by atoms with Gasteiger partial charge in [-0.2, -0.15) is 0 Å². The van der Waals surface area contributed by atoms with E-state index in [4.69, 9.17) is 16.3 Å². The van der Waals surface area contributed by atoms with E-state index in [0.717, 1.165) is 63.5 Å². The molecule has 5 rings (SSSR count). The van der Waals surface area contributed by atoms with Crippen LogP contribution in [-0.4, -0.2) is 47.7 Å². The molecule has 0 radical (unpaired) electrons. The zero-order valence-electron chi connectivity index (χ0n) is 19.0. The number of ether oxygens (including phenoxy) is 1. The summed E-state index contributed by atoms with van der Waals surface area (Å²) in [5, 5.41) is 5.15. The van der Waals surface area contributed by atoms with Crippen molar-refractivity contribution in [1.82, 2.24) is 14.8 Å². The van der Waals surface area contributed by atoms with E-state index in [9.17, 15) is 4.79 Å². The van der Waals surface area contributed by atoms with E-state index in [2.05, 4.69) is 57.2 Å². The van der Waals surface area contributed by atoms with Crippen LogP contribution in [-0.2, 0) is 22.6 Å². The largest absolute Gasteiger partial charge is 0.376 e. The number of hydrogen-bond acceptors (Lipinski definition) is 3. The molecule has 2 aliphatic heterocycles. The van der Waals surface area contributed by atoms with Crippen LogP contribution < -0.4 is 5.32 Å². The van der Waals surface area contributed by atoms with Crippen LogP contribution in [0, 0.1) is 5.92 Å². The Balaban J connectivity index is 1.22. The predicted octanol–water partition coefficient (Wildman–Crippen LogP) is 4.85. The minimum absolute atomic E-state index is 0.113. The lowest BCUT2D eigenvalue weighted by Gasteiger charge is -2.31. The van der Waals surface area contributed by atoms with Gasteiger partial charge < -0.3 is 14.6 Å². The molecule has 1 amide bonds. The minimum Gasteiger partial charge on any atom is -0.376 e. The number of piperidine rings is 1. The molecule has 0 saturated carbocycles. The van der Waals surface area contributed by atoms with E-state index in [-0.39, 0.29) is 17.9 Å². The van der Waals surface area contributed by atoms with Gasteiger partial charge in [0.2, 0.25) is 5.91 Å². The lowest BCUT2D eigenvalue weighted by molar-refractivity contribution is -0.127. The average molecular weight is 466 g/mol. The topological polar surface area (TPSA) is 46.5 Å². The third kappa shape index (κ3) is 5.43. The van der Waals surface area contributed by atoms with E-state index in [1.165, 1.54) is 22.2 Å². The van der Waals surface area contributed by atoms with Gasteiger partial charge in [-0.3, -0.25) is 9.69 Å². The number of para-hydroxylation sites is 1. The Kier molecular flexibility index (Phi) is 7.00. The molecule has 5 nitrogen and oxygen atoms in total. The molecule has 6 heteroatoms. The average Bonchev–Trinajstić information content (AvgIpc) is 3.48. The number of nitrogens with zero attached hydrogens (tertiary/aromatic N) is 2. The Labute approximate surface area is 200 Å². The van der Waals surface area contributed by atoms with Gasteiger partial charge in [0.1, 0.15) is 0 Å². The van der Waals surface area contributed by atoms with Gasteiger partial charge in [0.15, 0.2) is 0 Å². The lowest BCUT2D eigenvalue weighted by atomic mass is 9.95. The van der Waals surface area contributed by atoms with E-state index in [1.807, 2.05) is 12.1 Å². The van der Waals surface area contributed by atoms with Crippen LogP contribution in [0.15, 0.2) is 54.6 Å². The number of carbonyl (C=O) groups excluding carboxylic acids is 1. The highest BCUT2D eigenvalue weighted by atomic mass is 35.5. The van der Waals surface area contributed by atoms with Crippen molar-refractivity contribution < 1.29 is 9.53 Å². The molecule has 1 aromatic heterocycles. The molecule has 0 aliphatic carbocycles. The van der Waals surface area contributed by atoms with E-state index < -0.39 is 0 Å². The van der Waals surface area contributed by atoms with Gasteiger partial charge in [0.05, 0.1) is 6.10 Å². The fourth-order valence-electron chi connectivity index (χ4n) is 5.10. The standard InChI is InChI=1S/C27H32ClN3O2/c28-23-9-7-20(8-10-23)18-31-24(16-22-4-1-2-6-26(22)31)19-30-13-11-21(12-14-30)27(32)29-17-25-5-3-15-33-25/h1-2,4,6-10,16,21,25H,3,5,11-15,17-19H2,(H,29,32).